The van der Waals surface area contributed by atoms with Gasteiger partial charge in [0.15, 0.2) is 17.5 Å². The van der Waals surface area contributed by atoms with E-state index < -0.39 is 0 Å². The van der Waals surface area contributed by atoms with Gasteiger partial charge in [-0.3, -0.25) is 0 Å². The first-order valence-corrected chi connectivity index (χ1v) is 8.71. The molecule has 6 nitrogen and oxygen atoms in total. The lowest BCUT2D eigenvalue weighted by molar-refractivity contribution is 0.0243. The summed E-state index contributed by atoms with van der Waals surface area (Å²) in [5, 5.41) is 7.18. The van der Waals surface area contributed by atoms with Crippen molar-refractivity contribution in [3.05, 3.63) is 22.7 Å². The summed E-state index contributed by atoms with van der Waals surface area (Å²) in [6, 6.07) is 3.78. The van der Waals surface area contributed by atoms with E-state index in [1.807, 2.05) is 19.1 Å². The van der Waals surface area contributed by atoms with Crippen LogP contribution in [-0.2, 0) is 11.3 Å². The lowest BCUT2D eigenvalue weighted by Crippen LogP contribution is -2.45. The summed E-state index contributed by atoms with van der Waals surface area (Å²) in [4.78, 5) is 4.63. The van der Waals surface area contributed by atoms with E-state index in [0.29, 0.717) is 23.1 Å². The van der Waals surface area contributed by atoms with Gasteiger partial charge in [-0.25, -0.2) is 4.99 Å². The fourth-order valence-electron chi connectivity index (χ4n) is 2.87. The smallest absolute Gasteiger partial charge is 0.231 e. The molecule has 0 bridgehead atoms. The van der Waals surface area contributed by atoms with E-state index in [2.05, 4.69) is 22.5 Å². The third-order valence-corrected chi connectivity index (χ3v) is 4.46. The molecule has 0 aromatic heterocycles. The maximum absolute atomic E-state index is 6.22. The fourth-order valence-corrected chi connectivity index (χ4v) is 3.16. The average Bonchev–Trinajstić information content (AvgIpc) is 3.20. The molecule has 0 saturated carbocycles. The normalized spacial score (nSPS) is 22.7. The van der Waals surface area contributed by atoms with Crippen LogP contribution in [0.4, 0.5) is 0 Å². The van der Waals surface area contributed by atoms with Gasteiger partial charge in [0.1, 0.15) is 0 Å². The van der Waals surface area contributed by atoms with Gasteiger partial charge < -0.3 is 24.8 Å². The number of ether oxygens (including phenoxy) is 3. The highest BCUT2D eigenvalue weighted by atomic mass is 35.5. The number of nitrogens with zero attached hydrogens (tertiary/aromatic N) is 1. The lowest BCUT2D eigenvalue weighted by atomic mass is 10.0. The Hall–Kier alpha value is -1.66. The van der Waals surface area contributed by atoms with E-state index in [1.165, 1.54) is 0 Å². The monoisotopic (exact) mass is 353 g/mol. The molecule has 132 valence electrons. The summed E-state index contributed by atoms with van der Waals surface area (Å²) in [7, 11) is 0. The number of hydrogen-bond acceptors (Lipinski definition) is 4. The maximum atomic E-state index is 6.22. The van der Waals surface area contributed by atoms with Gasteiger partial charge in [-0.1, -0.05) is 11.6 Å². The predicted octanol–water partition coefficient (Wildman–Crippen LogP) is 2.69. The molecule has 2 aliphatic heterocycles. The number of guanidine groups is 1. The summed E-state index contributed by atoms with van der Waals surface area (Å²) >= 11 is 6.22. The Labute approximate surface area is 147 Å². The minimum atomic E-state index is -0.113. The quantitative estimate of drug-likeness (QED) is 0.629. The minimum absolute atomic E-state index is 0.113. The van der Waals surface area contributed by atoms with Crippen molar-refractivity contribution in [3.8, 4) is 11.5 Å². The van der Waals surface area contributed by atoms with Gasteiger partial charge in [0.25, 0.3) is 0 Å². The van der Waals surface area contributed by atoms with Crippen LogP contribution in [-0.4, -0.2) is 38.0 Å². The molecule has 1 aromatic carbocycles. The van der Waals surface area contributed by atoms with E-state index in [-0.39, 0.29) is 12.4 Å². The van der Waals surface area contributed by atoms with Crippen molar-refractivity contribution in [1.29, 1.82) is 0 Å². The van der Waals surface area contributed by atoms with Crippen molar-refractivity contribution >= 4 is 17.6 Å². The standard InChI is InChI=1S/C17H24ClN3O3/c1-3-19-16(21-10-17(2)5-4-6-24-17)20-9-12-7-13(18)15-14(8-12)22-11-23-15/h7-8H,3-6,9-11H2,1-2H3,(H2,19,20,21). The SMILES string of the molecule is CCNC(=NCc1cc(Cl)c2c(c1)OCO2)NCC1(C)CCCO1. The molecule has 3 rings (SSSR count). The molecule has 0 aliphatic carbocycles. The van der Waals surface area contributed by atoms with Gasteiger partial charge in [0, 0.05) is 19.7 Å². The second kappa shape index (κ2) is 7.49. The molecule has 1 fully saturated rings. The molecule has 2 aliphatic rings. The number of hydrogen-bond donors (Lipinski definition) is 2. The van der Waals surface area contributed by atoms with Crippen LogP contribution in [0, 0.1) is 0 Å². The second-order valence-electron chi connectivity index (χ2n) is 6.26. The molecular weight excluding hydrogens is 330 g/mol. The van der Waals surface area contributed by atoms with Crippen molar-refractivity contribution in [2.45, 2.75) is 38.8 Å². The summed E-state index contributed by atoms with van der Waals surface area (Å²) in [6.45, 7) is 7.26. The van der Waals surface area contributed by atoms with Gasteiger partial charge in [-0.15, -0.1) is 0 Å². The van der Waals surface area contributed by atoms with Crippen LogP contribution in [0.15, 0.2) is 17.1 Å². The third kappa shape index (κ3) is 4.05. The van der Waals surface area contributed by atoms with Crippen LogP contribution in [0.2, 0.25) is 5.02 Å². The molecule has 1 atom stereocenters. The Morgan fingerprint density at radius 2 is 2.21 bits per heavy atom. The summed E-state index contributed by atoms with van der Waals surface area (Å²) in [5.74, 6) is 2.06. The maximum Gasteiger partial charge on any atom is 0.231 e. The number of nitrogens with one attached hydrogen (secondary N) is 2. The topological polar surface area (TPSA) is 64.1 Å². The zero-order valence-electron chi connectivity index (χ0n) is 14.2. The Bertz CT molecular complexity index is 615. The first-order chi connectivity index (χ1) is 11.6. The van der Waals surface area contributed by atoms with Gasteiger partial charge in [-0.05, 0) is 44.4 Å². The van der Waals surface area contributed by atoms with Crippen molar-refractivity contribution in [2.24, 2.45) is 4.99 Å². The Morgan fingerprint density at radius 1 is 1.33 bits per heavy atom. The second-order valence-corrected chi connectivity index (χ2v) is 6.67. The summed E-state index contributed by atoms with van der Waals surface area (Å²) in [5.41, 5.74) is 0.864. The third-order valence-electron chi connectivity index (χ3n) is 4.18. The molecule has 0 amide bonds. The average molecular weight is 354 g/mol. The zero-order chi connectivity index (χ0) is 17.0. The molecule has 0 spiro atoms. The number of halogens is 1. The van der Waals surface area contributed by atoms with Gasteiger partial charge in [0.05, 0.1) is 17.2 Å². The fraction of sp³-hybridized carbons (Fsp3) is 0.588. The van der Waals surface area contributed by atoms with Crippen molar-refractivity contribution < 1.29 is 14.2 Å². The highest BCUT2D eigenvalue weighted by molar-refractivity contribution is 6.32. The minimum Gasteiger partial charge on any atom is -0.454 e. The Kier molecular flexibility index (Phi) is 5.36. The van der Waals surface area contributed by atoms with Crippen molar-refractivity contribution in [2.75, 3.05) is 26.5 Å². The molecule has 1 saturated heterocycles. The van der Waals surface area contributed by atoms with Crippen LogP contribution >= 0.6 is 11.6 Å². The largest absolute Gasteiger partial charge is 0.454 e. The van der Waals surface area contributed by atoms with Crippen molar-refractivity contribution in [3.63, 3.8) is 0 Å². The zero-order valence-corrected chi connectivity index (χ0v) is 14.9. The lowest BCUT2D eigenvalue weighted by Gasteiger charge is -2.24. The summed E-state index contributed by atoms with van der Waals surface area (Å²) < 4.78 is 16.5. The first kappa shape index (κ1) is 17.2. The molecule has 7 heteroatoms. The molecular formula is C17H24ClN3O3. The molecule has 24 heavy (non-hydrogen) atoms. The van der Waals surface area contributed by atoms with Crippen molar-refractivity contribution in [1.82, 2.24) is 10.6 Å². The van der Waals surface area contributed by atoms with E-state index >= 15 is 0 Å². The molecule has 2 heterocycles. The highest BCUT2D eigenvalue weighted by Gasteiger charge is 2.29. The van der Waals surface area contributed by atoms with Crippen LogP contribution in [0.5, 0.6) is 11.5 Å². The van der Waals surface area contributed by atoms with Crippen LogP contribution in [0.3, 0.4) is 0 Å². The molecule has 0 radical (unpaired) electrons. The number of benzene rings is 1. The van der Waals surface area contributed by atoms with Gasteiger partial charge >= 0.3 is 0 Å². The predicted molar refractivity (Wildman–Crippen MR) is 94.0 cm³/mol. The Balaban J connectivity index is 1.64. The van der Waals surface area contributed by atoms with Crippen LogP contribution in [0.25, 0.3) is 0 Å². The first-order valence-electron chi connectivity index (χ1n) is 8.34. The van der Waals surface area contributed by atoms with Gasteiger partial charge in [0.2, 0.25) is 6.79 Å². The molecule has 1 unspecified atom stereocenters. The number of aliphatic imine (C=N–C) groups is 1. The molecule has 2 N–H and O–H groups in total. The van der Waals surface area contributed by atoms with E-state index in [9.17, 15) is 0 Å². The molecule has 1 aromatic rings. The van der Waals surface area contributed by atoms with Crippen LogP contribution < -0.4 is 20.1 Å². The number of rotatable bonds is 5. The Morgan fingerprint density at radius 3 is 2.96 bits per heavy atom. The van der Waals surface area contributed by atoms with E-state index in [4.69, 9.17) is 25.8 Å². The van der Waals surface area contributed by atoms with E-state index in [0.717, 1.165) is 44.1 Å². The summed E-state index contributed by atoms with van der Waals surface area (Å²) in [6.07, 6.45) is 2.18. The number of fused-ring (bicyclic) bond motifs is 1. The van der Waals surface area contributed by atoms with Crippen LogP contribution in [0.1, 0.15) is 32.3 Å². The van der Waals surface area contributed by atoms with Gasteiger partial charge in [-0.2, -0.15) is 0 Å². The van der Waals surface area contributed by atoms with E-state index in [1.54, 1.807) is 0 Å². The highest BCUT2D eigenvalue weighted by Crippen LogP contribution is 2.39.